The fraction of sp³-hybridized carbons (Fsp3) is 0.378. The number of aromatic amines is 1. The monoisotopic (exact) mass is 618 g/mol. The van der Waals surface area contributed by atoms with Crippen molar-refractivity contribution in [2.45, 2.75) is 50.4 Å². The Kier molecular flexibility index (Phi) is 8.74. The third kappa shape index (κ3) is 6.79. The van der Waals surface area contributed by atoms with Gasteiger partial charge in [0, 0.05) is 51.5 Å². The van der Waals surface area contributed by atoms with Crippen LogP contribution in [-0.2, 0) is 11.3 Å². The van der Waals surface area contributed by atoms with E-state index >= 15 is 0 Å². The van der Waals surface area contributed by atoms with Crippen LogP contribution in [0, 0.1) is 5.92 Å². The summed E-state index contributed by atoms with van der Waals surface area (Å²) in [4.78, 5) is 49.8. The zero-order valence-electron chi connectivity index (χ0n) is 26.1. The predicted molar refractivity (Wildman–Crippen MR) is 178 cm³/mol. The minimum atomic E-state index is -0.651. The molecule has 0 radical (unpaired) electrons. The zero-order chi connectivity index (χ0) is 31.5. The van der Waals surface area contributed by atoms with E-state index in [1.54, 1.807) is 9.47 Å². The Bertz CT molecular complexity index is 1680. The number of aromatic nitrogens is 2. The molecule has 2 N–H and O–H groups in total. The second-order valence-corrected chi connectivity index (χ2v) is 13.0. The van der Waals surface area contributed by atoms with E-state index < -0.39 is 6.04 Å². The van der Waals surface area contributed by atoms with Crippen molar-refractivity contribution in [2.24, 2.45) is 5.92 Å². The van der Waals surface area contributed by atoms with Crippen molar-refractivity contribution in [1.29, 1.82) is 0 Å². The number of nitrogens with zero attached hydrogens (tertiary/aromatic N) is 4. The van der Waals surface area contributed by atoms with Gasteiger partial charge in [-0.3, -0.25) is 14.3 Å². The van der Waals surface area contributed by atoms with Crippen LogP contribution in [0.1, 0.15) is 48.9 Å². The van der Waals surface area contributed by atoms with Gasteiger partial charge in [0.15, 0.2) is 0 Å². The van der Waals surface area contributed by atoms with Crippen molar-refractivity contribution >= 4 is 11.9 Å². The highest BCUT2D eigenvalue weighted by atomic mass is 16.2. The molecule has 7 rings (SSSR count). The van der Waals surface area contributed by atoms with Gasteiger partial charge in [-0.1, -0.05) is 91.0 Å². The van der Waals surface area contributed by atoms with Gasteiger partial charge in [0.2, 0.25) is 5.91 Å². The van der Waals surface area contributed by atoms with Crippen LogP contribution in [0.15, 0.2) is 102 Å². The van der Waals surface area contributed by atoms with Crippen molar-refractivity contribution in [3.05, 3.63) is 119 Å². The van der Waals surface area contributed by atoms with Crippen molar-refractivity contribution in [3.8, 4) is 11.3 Å². The Morgan fingerprint density at radius 1 is 0.804 bits per heavy atom. The van der Waals surface area contributed by atoms with Gasteiger partial charge in [-0.25, -0.2) is 9.59 Å². The summed E-state index contributed by atoms with van der Waals surface area (Å²) in [6.07, 6.45) is 5.53. The lowest BCUT2D eigenvalue weighted by Crippen LogP contribution is -2.55. The lowest BCUT2D eigenvalue weighted by Gasteiger charge is -2.34. The van der Waals surface area contributed by atoms with Gasteiger partial charge in [0.1, 0.15) is 6.04 Å². The fourth-order valence-electron chi connectivity index (χ4n) is 6.98. The maximum Gasteiger partial charge on any atom is 0.326 e. The molecule has 3 aliphatic rings. The first kappa shape index (κ1) is 30.0. The number of hydrogen-bond acceptors (Lipinski definition) is 4. The van der Waals surface area contributed by atoms with Gasteiger partial charge in [-0.15, -0.1) is 0 Å². The van der Waals surface area contributed by atoms with Gasteiger partial charge in [0.05, 0.1) is 11.7 Å². The van der Waals surface area contributed by atoms with Crippen molar-refractivity contribution in [2.75, 3.05) is 32.7 Å². The molecule has 0 bridgehead atoms. The summed E-state index contributed by atoms with van der Waals surface area (Å²) in [5, 5.41) is 3.16. The zero-order valence-corrected chi connectivity index (χ0v) is 26.1. The third-order valence-corrected chi connectivity index (χ3v) is 9.72. The molecule has 2 unspecified atom stereocenters. The van der Waals surface area contributed by atoms with Crippen LogP contribution in [0.25, 0.3) is 11.3 Å². The smallest absolute Gasteiger partial charge is 0.326 e. The molecule has 1 aromatic heterocycles. The molecule has 2 saturated heterocycles. The number of piperidine rings is 1. The Balaban J connectivity index is 1.07. The highest BCUT2D eigenvalue weighted by molar-refractivity contribution is 5.87. The minimum absolute atomic E-state index is 0.000977. The molecule has 1 aliphatic carbocycles. The van der Waals surface area contributed by atoms with Crippen LogP contribution in [0.3, 0.4) is 0 Å². The normalized spacial score (nSPS) is 21.3. The maximum absolute atomic E-state index is 14.1. The largest absolute Gasteiger partial charge is 0.339 e. The van der Waals surface area contributed by atoms with Crippen LogP contribution < -0.4 is 11.0 Å². The van der Waals surface area contributed by atoms with Gasteiger partial charge >= 0.3 is 11.7 Å². The van der Waals surface area contributed by atoms with E-state index in [9.17, 15) is 14.4 Å². The maximum atomic E-state index is 14.1. The molecule has 3 amide bonds. The highest BCUT2D eigenvalue weighted by Gasteiger charge is 2.40. The van der Waals surface area contributed by atoms with Crippen LogP contribution in [0.2, 0.25) is 0 Å². The number of carbonyl (C=O) groups excluding carboxylic acids is 2. The predicted octanol–water partition coefficient (Wildman–Crippen LogP) is 5.05. The minimum Gasteiger partial charge on any atom is -0.339 e. The molecule has 3 fully saturated rings. The summed E-state index contributed by atoms with van der Waals surface area (Å²) in [5.41, 5.74) is 3.98. The first-order valence-electron chi connectivity index (χ1n) is 16.6. The number of H-pyrrole nitrogens is 1. The highest BCUT2D eigenvalue weighted by Crippen LogP contribution is 2.33. The van der Waals surface area contributed by atoms with E-state index in [1.165, 1.54) is 11.1 Å². The lowest BCUT2D eigenvalue weighted by atomic mass is 10.0. The van der Waals surface area contributed by atoms with E-state index in [4.69, 9.17) is 0 Å². The fourth-order valence-corrected chi connectivity index (χ4v) is 6.98. The Labute approximate surface area is 269 Å². The number of carbonyl (C=O) groups is 2. The molecule has 9 heteroatoms. The number of amides is 3. The van der Waals surface area contributed by atoms with E-state index in [2.05, 4.69) is 51.6 Å². The van der Waals surface area contributed by atoms with Crippen LogP contribution >= 0.6 is 0 Å². The van der Waals surface area contributed by atoms with E-state index in [0.29, 0.717) is 51.5 Å². The second-order valence-electron chi connectivity index (χ2n) is 13.0. The van der Waals surface area contributed by atoms with Gasteiger partial charge in [0.25, 0.3) is 0 Å². The molecule has 46 heavy (non-hydrogen) atoms. The van der Waals surface area contributed by atoms with E-state index in [-0.39, 0.29) is 29.7 Å². The van der Waals surface area contributed by atoms with Crippen LogP contribution in [0.5, 0.6) is 0 Å². The number of benzene rings is 3. The summed E-state index contributed by atoms with van der Waals surface area (Å²) in [6.45, 7) is 3.47. The molecule has 3 aromatic carbocycles. The van der Waals surface area contributed by atoms with E-state index in [0.717, 1.165) is 30.6 Å². The van der Waals surface area contributed by atoms with Gasteiger partial charge in [-0.05, 0) is 48.3 Å². The topological polar surface area (TPSA) is 93.7 Å². The van der Waals surface area contributed by atoms with Crippen LogP contribution in [-0.4, -0.2) is 75.0 Å². The standard InChI is InChI=1S/C37H42N6O3/c44-35-33(39-36(45)40-20-18-31(19-21-40)43-25-32(38-37(43)46)29-12-6-2-7-13-29)24-41(22-27-10-4-1-5-11-27)34(30-14-8-3-9-15-30)26-42(35)23-28-16-17-28/h1-15,25,28,31,33-34H,16-24,26H2,(H,38,46)(H,39,45). The average Bonchev–Trinajstić information content (AvgIpc) is 3.86. The Hall–Kier alpha value is -4.63. The number of urea groups is 1. The summed E-state index contributed by atoms with van der Waals surface area (Å²) < 4.78 is 1.77. The third-order valence-electron chi connectivity index (χ3n) is 9.72. The number of hydrogen-bond donors (Lipinski definition) is 2. The average molecular weight is 619 g/mol. The van der Waals surface area contributed by atoms with Gasteiger partial charge < -0.3 is 20.1 Å². The summed E-state index contributed by atoms with van der Waals surface area (Å²) in [5.74, 6) is 0.537. The molecule has 2 atom stereocenters. The first-order valence-corrected chi connectivity index (χ1v) is 16.6. The Morgan fingerprint density at radius 2 is 1.46 bits per heavy atom. The molecule has 1 saturated carbocycles. The quantitative estimate of drug-likeness (QED) is 0.289. The summed E-state index contributed by atoms with van der Waals surface area (Å²) in [6, 6.07) is 29.7. The van der Waals surface area contributed by atoms with Crippen LogP contribution in [0.4, 0.5) is 4.79 Å². The molecule has 3 heterocycles. The first-order chi connectivity index (χ1) is 22.5. The lowest BCUT2D eigenvalue weighted by molar-refractivity contribution is -0.132. The molecular formula is C37H42N6O3. The van der Waals surface area contributed by atoms with Crippen molar-refractivity contribution in [1.82, 2.24) is 29.6 Å². The Morgan fingerprint density at radius 3 is 2.13 bits per heavy atom. The van der Waals surface area contributed by atoms with Gasteiger partial charge in [-0.2, -0.15) is 0 Å². The number of imidazole rings is 1. The SMILES string of the molecule is O=C(NC1CN(Cc2ccccc2)C(c2ccccc2)CN(CC2CC2)C1=O)N1CCC(n2cc(-c3ccccc3)[nH]c2=O)CC1. The number of rotatable bonds is 8. The molecule has 2 aliphatic heterocycles. The molecule has 0 spiro atoms. The summed E-state index contributed by atoms with van der Waals surface area (Å²) in [7, 11) is 0. The summed E-state index contributed by atoms with van der Waals surface area (Å²) >= 11 is 0. The molecule has 238 valence electrons. The molecule has 4 aromatic rings. The van der Waals surface area contributed by atoms with Crippen molar-refractivity contribution < 1.29 is 9.59 Å². The molecule has 9 nitrogen and oxygen atoms in total. The number of nitrogens with one attached hydrogen (secondary N) is 2. The molecular weight excluding hydrogens is 576 g/mol. The van der Waals surface area contributed by atoms with Crippen molar-refractivity contribution in [3.63, 3.8) is 0 Å². The second kappa shape index (κ2) is 13.4. The number of likely N-dealkylation sites (tertiary alicyclic amines) is 1. The van der Waals surface area contributed by atoms with E-state index in [1.807, 2.05) is 65.7 Å².